The summed E-state index contributed by atoms with van der Waals surface area (Å²) in [5.74, 6) is -4.59. The van der Waals surface area contributed by atoms with Crippen molar-refractivity contribution in [2.75, 3.05) is 0 Å². The summed E-state index contributed by atoms with van der Waals surface area (Å²) in [6.07, 6.45) is 22.9. The van der Waals surface area contributed by atoms with Crippen LogP contribution in [0.1, 0.15) is 196 Å². The van der Waals surface area contributed by atoms with Crippen molar-refractivity contribution in [3.63, 3.8) is 0 Å². The Bertz CT molecular complexity index is 713. The normalized spacial score (nSPS) is 13.2. The van der Waals surface area contributed by atoms with E-state index < -0.39 is 35.7 Å². The molecule has 0 heterocycles. The molecule has 0 aromatic carbocycles. The molecule has 0 bridgehead atoms. The predicted octanol–water partition coefficient (Wildman–Crippen LogP) is 5.91. The maximum absolute atomic E-state index is 11.0. The molecule has 0 aliphatic rings. The molecule has 0 saturated heterocycles. The van der Waals surface area contributed by atoms with Crippen molar-refractivity contribution >= 4 is 45.0 Å². The molecule has 4 radical (unpaired) electrons. The van der Waals surface area contributed by atoms with Crippen molar-refractivity contribution < 1.29 is 39.6 Å². The molecule has 0 spiro atoms. The average Bonchev–Trinajstić information content (AvgIpc) is 3.06. The molecule has 0 rings (SSSR count). The number of hydrogen-bond acceptors (Lipinski definition) is 8. The molecule has 49 heavy (non-hydrogen) atoms. The van der Waals surface area contributed by atoms with E-state index in [0.29, 0.717) is 50.4 Å². The Hall–Kier alpha value is -1.32. The fourth-order valence-electron chi connectivity index (χ4n) is 6.15. The van der Waals surface area contributed by atoms with E-state index in [1.165, 1.54) is 38.5 Å². The third-order valence-corrected chi connectivity index (χ3v) is 15.3. The summed E-state index contributed by atoms with van der Waals surface area (Å²) in [7, 11) is 0. The zero-order chi connectivity index (χ0) is 37.7. The van der Waals surface area contributed by atoms with Gasteiger partial charge in [-0.15, -0.1) is 0 Å². The summed E-state index contributed by atoms with van der Waals surface area (Å²) in [6.45, 7) is 13.0. The van der Waals surface area contributed by atoms with E-state index in [0.717, 1.165) is 51.4 Å². The molecule has 0 saturated carbocycles. The molecule has 0 fully saturated rings. The van der Waals surface area contributed by atoms with Crippen LogP contribution >= 0.6 is 0 Å². The summed E-state index contributed by atoms with van der Waals surface area (Å²) in [4.78, 5) is 42.6. The minimum atomic E-state index is -1.12. The summed E-state index contributed by atoms with van der Waals surface area (Å²) in [5, 5.41) is 42.6. The first-order valence-electron chi connectivity index (χ1n) is 20.2. The maximum atomic E-state index is 11.0. The van der Waals surface area contributed by atoms with Crippen LogP contribution in [0.5, 0.6) is 0 Å². The van der Waals surface area contributed by atoms with E-state index in [1.807, 2.05) is 0 Å². The molecule has 0 N–H and O–H groups in total. The van der Waals surface area contributed by atoms with Gasteiger partial charge in [0.05, 0.1) is 0 Å². The Balaban J connectivity index is -0.000000658. The number of carboxylic acids is 4. The van der Waals surface area contributed by atoms with E-state index in [9.17, 15) is 39.6 Å². The molecule has 0 aromatic rings. The van der Waals surface area contributed by atoms with Crippen molar-refractivity contribution in [2.45, 2.75) is 205 Å². The third-order valence-electron chi connectivity index (χ3n) is 9.56. The van der Waals surface area contributed by atoms with Gasteiger partial charge in [0.25, 0.3) is 0 Å². The van der Waals surface area contributed by atoms with Crippen molar-refractivity contribution in [3.8, 4) is 0 Å². The van der Waals surface area contributed by atoms with Crippen LogP contribution in [0.25, 0.3) is 0 Å². The van der Waals surface area contributed by atoms with Crippen LogP contribution in [0.15, 0.2) is 0 Å². The van der Waals surface area contributed by atoms with E-state index in [2.05, 4.69) is 41.5 Å². The molecule has 0 aliphatic heterocycles. The Kier molecular flexibility index (Phi) is 41.9. The Morgan fingerprint density at radius 1 is 0.449 bits per heavy atom. The van der Waals surface area contributed by atoms with Gasteiger partial charge in [-0.25, -0.2) is 0 Å². The second-order valence-electron chi connectivity index (χ2n) is 14.0. The monoisotopic (exact) mass is 804 g/mol. The number of carboxylic acid groups (broad SMARTS) is 4. The number of carbonyl (C=O) groups is 4. The van der Waals surface area contributed by atoms with Crippen molar-refractivity contribution in [2.24, 2.45) is 23.7 Å². The molecular weight excluding hydrogens is 727 g/mol. The molecule has 0 aromatic heterocycles. The molecule has 288 valence electrons. The van der Waals surface area contributed by atoms with Gasteiger partial charge in [0.2, 0.25) is 0 Å². The number of carbonyl (C=O) groups excluding carboxylic acids is 4. The zero-order valence-electron chi connectivity index (χ0n) is 32.7. The third kappa shape index (κ3) is 39.3. The Labute approximate surface area is 311 Å². The Morgan fingerprint density at radius 3 is 1.06 bits per heavy atom. The Morgan fingerprint density at radius 2 is 0.796 bits per heavy atom. The standard InChI is InChI=1S/2C14H26O4.2C6H13.Sn.2H/c2*1-3-5-7-11(4-2)10-12(14(17)18)8-6-9-13(15)16;2*1-3-5-6-4-2;;;/h2*11-12H,3-10H2,1-2H3,(H,15,16)(H,17,18);2*1,3-6H2,2H3;;;/q;;;;+4;;/p-4. The van der Waals surface area contributed by atoms with Crippen molar-refractivity contribution in [1.82, 2.24) is 0 Å². The van der Waals surface area contributed by atoms with Gasteiger partial charge in [0, 0.05) is 23.9 Å². The first kappa shape index (κ1) is 52.0. The van der Waals surface area contributed by atoms with Gasteiger partial charge in [-0.05, 0) is 75.0 Å². The topological polar surface area (TPSA) is 161 Å². The fraction of sp³-hybridized carbons (Fsp3) is 0.900. The van der Waals surface area contributed by atoms with Crippen LogP contribution in [0.4, 0.5) is 0 Å². The summed E-state index contributed by atoms with van der Waals surface area (Å²) < 4.78 is 3.38. The van der Waals surface area contributed by atoms with Crippen LogP contribution in [0.3, 0.4) is 0 Å². The van der Waals surface area contributed by atoms with Gasteiger partial charge >= 0.3 is 95.2 Å². The van der Waals surface area contributed by atoms with Gasteiger partial charge in [-0.1, -0.05) is 79.1 Å². The van der Waals surface area contributed by atoms with Crippen LogP contribution in [-0.4, -0.2) is 45.0 Å². The average molecular weight is 804 g/mol. The first-order chi connectivity index (χ1) is 23.4. The van der Waals surface area contributed by atoms with E-state index in [4.69, 9.17) is 0 Å². The summed E-state index contributed by atoms with van der Waals surface area (Å²) >= 11 is -0.220. The first-order valence-corrected chi connectivity index (χ1v) is 26.0. The minimum absolute atomic E-state index is 0.0739. The van der Waals surface area contributed by atoms with Gasteiger partial charge in [0.15, 0.2) is 0 Å². The van der Waals surface area contributed by atoms with E-state index in [1.54, 1.807) is 21.7 Å². The van der Waals surface area contributed by atoms with Crippen molar-refractivity contribution in [3.05, 3.63) is 0 Å². The molecular formula is C40H76O8Sn. The number of hydrogen-bond donors (Lipinski definition) is 0. The number of unbranched alkanes of at least 4 members (excludes halogenated alkanes) is 8. The molecule has 0 amide bonds. The van der Waals surface area contributed by atoms with Gasteiger partial charge in [0.1, 0.15) is 0 Å². The number of aliphatic carboxylic acids is 4. The number of rotatable bonds is 32. The molecule has 8 nitrogen and oxygen atoms in total. The van der Waals surface area contributed by atoms with Crippen LogP contribution in [0.2, 0.25) is 8.87 Å². The van der Waals surface area contributed by atoms with Gasteiger partial charge < -0.3 is 39.6 Å². The summed E-state index contributed by atoms with van der Waals surface area (Å²) in [6, 6.07) is 0. The van der Waals surface area contributed by atoms with Crippen LogP contribution < -0.4 is 20.4 Å². The zero-order valence-corrected chi connectivity index (χ0v) is 36.7. The predicted molar refractivity (Wildman–Crippen MR) is 197 cm³/mol. The van der Waals surface area contributed by atoms with Crippen molar-refractivity contribution in [1.29, 1.82) is 0 Å². The van der Waals surface area contributed by atoms with Gasteiger partial charge in [-0.2, -0.15) is 0 Å². The quantitative estimate of drug-likeness (QED) is 0.0600. The molecule has 0 aliphatic carbocycles. The van der Waals surface area contributed by atoms with E-state index >= 15 is 0 Å². The van der Waals surface area contributed by atoms with Crippen LogP contribution in [0, 0.1) is 23.7 Å². The fourth-order valence-corrected chi connectivity index (χ4v) is 11.2. The van der Waals surface area contributed by atoms with E-state index in [-0.39, 0.29) is 34.0 Å². The second-order valence-corrected chi connectivity index (χ2v) is 20.1. The molecule has 9 heteroatoms. The molecule has 4 unspecified atom stereocenters. The van der Waals surface area contributed by atoms with Gasteiger partial charge in [-0.3, -0.25) is 0 Å². The van der Waals surface area contributed by atoms with Crippen LogP contribution in [-0.2, 0) is 19.2 Å². The summed E-state index contributed by atoms with van der Waals surface area (Å²) in [5.41, 5.74) is 0. The SMILES string of the molecule is CCCCC(CC)CC(CCCC(=O)[O-])C(=O)[O-].CCCCC(CC)CC(CCCC(=O)[O-])C(=O)[O-].CCCCC[CH2][SnH2+4][CH2]CCCCC. The second kappa shape index (κ2) is 39.5. The molecule has 4 atom stereocenters.